The molecule has 1 unspecified atom stereocenters. The van der Waals surface area contributed by atoms with Crippen molar-refractivity contribution in [2.45, 2.75) is 39.3 Å². The second kappa shape index (κ2) is 6.22. The Balaban J connectivity index is 2.02. The summed E-state index contributed by atoms with van der Waals surface area (Å²) in [5.74, 6) is 0. The van der Waals surface area contributed by atoms with Crippen molar-refractivity contribution in [2.75, 3.05) is 0 Å². The molecule has 1 N–H and O–H groups in total. The van der Waals surface area contributed by atoms with Gasteiger partial charge in [0.1, 0.15) is 0 Å². The van der Waals surface area contributed by atoms with Crippen LogP contribution < -0.4 is 0 Å². The Kier molecular flexibility index (Phi) is 4.61. The first-order valence-electron chi connectivity index (χ1n) is 6.54. The molecule has 0 radical (unpaired) electrons. The Hall–Kier alpha value is -1.32. The van der Waals surface area contributed by atoms with Crippen LogP contribution in [0.2, 0.25) is 5.02 Å². The molecule has 102 valence electrons. The predicted molar refractivity (Wildman–Crippen MR) is 77.5 cm³/mol. The Labute approximate surface area is 118 Å². The van der Waals surface area contributed by atoms with Crippen molar-refractivity contribution in [3.05, 3.63) is 52.3 Å². The monoisotopic (exact) mass is 278 g/mol. The standard InChI is InChI=1S/C15H19ClN2O/c1-3-18-14(7-11(2)17-18)10-15(19)9-12-5-4-6-13(16)8-12/h4-8,15,19H,3,9-10H2,1-2H3. The van der Waals surface area contributed by atoms with Gasteiger partial charge in [-0.15, -0.1) is 0 Å². The minimum atomic E-state index is -0.417. The molecule has 2 aromatic rings. The minimum Gasteiger partial charge on any atom is -0.392 e. The first kappa shape index (κ1) is 14.1. The van der Waals surface area contributed by atoms with Crippen molar-refractivity contribution < 1.29 is 5.11 Å². The molecule has 0 aliphatic carbocycles. The summed E-state index contributed by atoms with van der Waals surface area (Å²) < 4.78 is 1.94. The zero-order chi connectivity index (χ0) is 13.8. The third-order valence-corrected chi connectivity index (χ3v) is 3.33. The van der Waals surface area contributed by atoms with Gasteiger partial charge in [-0.1, -0.05) is 23.7 Å². The highest BCUT2D eigenvalue weighted by Gasteiger charge is 2.11. The van der Waals surface area contributed by atoms with Gasteiger partial charge in [-0.05, 0) is 44.0 Å². The zero-order valence-electron chi connectivity index (χ0n) is 11.3. The Morgan fingerprint density at radius 3 is 2.79 bits per heavy atom. The molecule has 19 heavy (non-hydrogen) atoms. The first-order valence-corrected chi connectivity index (χ1v) is 6.92. The summed E-state index contributed by atoms with van der Waals surface area (Å²) in [5.41, 5.74) is 3.13. The number of aliphatic hydroxyl groups excluding tert-OH is 1. The SMILES string of the molecule is CCn1nc(C)cc1CC(O)Cc1cccc(Cl)c1. The number of nitrogens with zero attached hydrogens (tertiary/aromatic N) is 2. The number of hydrogen-bond donors (Lipinski definition) is 1. The largest absolute Gasteiger partial charge is 0.392 e. The molecule has 1 atom stereocenters. The van der Waals surface area contributed by atoms with Gasteiger partial charge in [-0.3, -0.25) is 4.68 Å². The molecule has 0 saturated carbocycles. The number of aryl methyl sites for hydroxylation is 2. The molecular formula is C15H19ClN2O. The first-order chi connectivity index (χ1) is 9.08. The van der Waals surface area contributed by atoms with E-state index in [0.717, 1.165) is 23.5 Å². The third kappa shape index (κ3) is 3.82. The lowest BCUT2D eigenvalue weighted by atomic mass is 10.0. The maximum atomic E-state index is 10.2. The van der Waals surface area contributed by atoms with Gasteiger partial charge in [0.25, 0.3) is 0 Å². The van der Waals surface area contributed by atoms with E-state index in [1.54, 1.807) is 0 Å². The highest BCUT2D eigenvalue weighted by atomic mass is 35.5. The molecule has 0 saturated heterocycles. The van der Waals surface area contributed by atoms with Gasteiger partial charge in [0, 0.05) is 23.7 Å². The number of aromatic nitrogens is 2. The second-order valence-corrected chi connectivity index (χ2v) is 5.22. The van der Waals surface area contributed by atoms with Crippen LogP contribution in [0.5, 0.6) is 0 Å². The third-order valence-electron chi connectivity index (χ3n) is 3.09. The van der Waals surface area contributed by atoms with E-state index in [1.807, 2.05) is 41.9 Å². The van der Waals surface area contributed by atoms with Crippen LogP contribution in [-0.4, -0.2) is 21.0 Å². The molecule has 3 nitrogen and oxygen atoms in total. The van der Waals surface area contributed by atoms with E-state index in [-0.39, 0.29) is 0 Å². The number of halogens is 1. The smallest absolute Gasteiger partial charge is 0.0635 e. The lowest BCUT2D eigenvalue weighted by molar-refractivity contribution is 0.172. The number of rotatable bonds is 5. The van der Waals surface area contributed by atoms with Crippen molar-refractivity contribution in [1.82, 2.24) is 9.78 Å². The van der Waals surface area contributed by atoms with Crippen LogP contribution in [0.25, 0.3) is 0 Å². The van der Waals surface area contributed by atoms with Gasteiger partial charge in [-0.2, -0.15) is 5.10 Å². The molecule has 2 rings (SSSR count). The van der Waals surface area contributed by atoms with Crippen molar-refractivity contribution in [1.29, 1.82) is 0 Å². The zero-order valence-corrected chi connectivity index (χ0v) is 12.1. The van der Waals surface area contributed by atoms with Gasteiger partial charge < -0.3 is 5.11 Å². The lowest BCUT2D eigenvalue weighted by Gasteiger charge is -2.12. The molecule has 1 aromatic heterocycles. The lowest BCUT2D eigenvalue weighted by Crippen LogP contribution is -2.16. The van der Waals surface area contributed by atoms with Crippen LogP contribution >= 0.6 is 11.6 Å². The molecular weight excluding hydrogens is 260 g/mol. The summed E-state index contributed by atoms with van der Waals surface area (Å²) in [6.07, 6.45) is 0.801. The Bertz CT molecular complexity index is 551. The van der Waals surface area contributed by atoms with Gasteiger partial charge >= 0.3 is 0 Å². The van der Waals surface area contributed by atoms with E-state index >= 15 is 0 Å². The normalized spacial score (nSPS) is 12.6. The van der Waals surface area contributed by atoms with Crippen LogP contribution in [0.3, 0.4) is 0 Å². The van der Waals surface area contributed by atoms with Crippen molar-refractivity contribution in [2.24, 2.45) is 0 Å². The quantitative estimate of drug-likeness (QED) is 0.913. The van der Waals surface area contributed by atoms with Gasteiger partial charge in [0.15, 0.2) is 0 Å². The van der Waals surface area contributed by atoms with E-state index in [4.69, 9.17) is 11.6 Å². The molecule has 0 fully saturated rings. The molecule has 0 amide bonds. The van der Waals surface area contributed by atoms with Crippen molar-refractivity contribution >= 4 is 11.6 Å². The summed E-state index contributed by atoms with van der Waals surface area (Å²) in [7, 11) is 0. The van der Waals surface area contributed by atoms with Crippen LogP contribution in [-0.2, 0) is 19.4 Å². The molecule has 0 aliphatic heterocycles. The summed E-state index contributed by atoms with van der Waals surface area (Å²) in [6.45, 7) is 4.85. The average Bonchev–Trinajstić information content (AvgIpc) is 2.69. The van der Waals surface area contributed by atoms with Crippen LogP contribution in [0.1, 0.15) is 23.9 Å². The summed E-state index contributed by atoms with van der Waals surface area (Å²) in [5, 5.41) is 15.3. The molecule has 1 aromatic carbocycles. The number of benzene rings is 1. The van der Waals surface area contributed by atoms with Gasteiger partial charge in [0.05, 0.1) is 11.8 Å². The van der Waals surface area contributed by atoms with Gasteiger partial charge in [-0.25, -0.2) is 0 Å². The predicted octanol–water partition coefficient (Wildman–Crippen LogP) is 3.01. The van der Waals surface area contributed by atoms with E-state index in [9.17, 15) is 5.11 Å². The topological polar surface area (TPSA) is 38.0 Å². The van der Waals surface area contributed by atoms with E-state index < -0.39 is 6.10 Å². The molecule has 1 heterocycles. The van der Waals surface area contributed by atoms with Crippen molar-refractivity contribution in [3.63, 3.8) is 0 Å². The molecule has 0 bridgehead atoms. The number of aliphatic hydroxyl groups is 1. The van der Waals surface area contributed by atoms with Crippen LogP contribution in [0.15, 0.2) is 30.3 Å². The molecule has 0 spiro atoms. The van der Waals surface area contributed by atoms with Crippen molar-refractivity contribution in [3.8, 4) is 0 Å². The molecule has 4 heteroatoms. The maximum absolute atomic E-state index is 10.2. The second-order valence-electron chi connectivity index (χ2n) is 4.78. The number of hydrogen-bond acceptors (Lipinski definition) is 2. The summed E-state index contributed by atoms with van der Waals surface area (Å²) >= 11 is 5.94. The minimum absolute atomic E-state index is 0.417. The fraction of sp³-hybridized carbons (Fsp3) is 0.400. The van der Waals surface area contributed by atoms with E-state index in [0.29, 0.717) is 17.9 Å². The Morgan fingerprint density at radius 2 is 2.11 bits per heavy atom. The fourth-order valence-electron chi connectivity index (χ4n) is 2.29. The van der Waals surface area contributed by atoms with E-state index in [1.165, 1.54) is 0 Å². The fourth-order valence-corrected chi connectivity index (χ4v) is 2.50. The van der Waals surface area contributed by atoms with Crippen LogP contribution in [0, 0.1) is 6.92 Å². The van der Waals surface area contributed by atoms with E-state index in [2.05, 4.69) is 12.0 Å². The highest BCUT2D eigenvalue weighted by molar-refractivity contribution is 6.30. The Morgan fingerprint density at radius 1 is 1.32 bits per heavy atom. The maximum Gasteiger partial charge on any atom is 0.0635 e. The average molecular weight is 279 g/mol. The summed E-state index contributed by atoms with van der Waals surface area (Å²) in [4.78, 5) is 0. The molecule has 0 aliphatic rings. The van der Waals surface area contributed by atoms with Gasteiger partial charge in [0.2, 0.25) is 0 Å². The van der Waals surface area contributed by atoms with Crippen LogP contribution in [0.4, 0.5) is 0 Å². The highest BCUT2D eigenvalue weighted by Crippen LogP contribution is 2.14. The summed E-state index contributed by atoms with van der Waals surface area (Å²) in [6, 6.07) is 9.66.